The van der Waals surface area contributed by atoms with E-state index in [0.717, 1.165) is 11.3 Å². The van der Waals surface area contributed by atoms with Gasteiger partial charge < -0.3 is 9.47 Å². The minimum Gasteiger partial charge on any atom is -0.468 e. The molecule has 0 unspecified atom stereocenters. The van der Waals surface area contributed by atoms with Gasteiger partial charge in [-0.05, 0) is 31.2 Å². The van der Waals surface area contributed by atoms with Crippen LogP contribution in [0.1, 0.15) is 30.6 Å². The van der Waals surface area contributed by atoms with Gasteiger partial charge in [0, 0.05) is 18.6 Å². The molecule has 1 aromatic carbocycles. The van der Waals surface area contributed by atoms with Gasteiger partial charge in [0.25, 0.3) is 0 Å². The fourth-order valence-electron chi connectivity index (χ4n) is 1.13. The van der Waals surface area contributed by atoms with Crippen molar-refractivity contribution in [2.24, 2.45) is 0 Å². The van der Waals surface area contributed by atoms with E-state index >= 15 is 0 Å². The lowest BCUT2D eigenvalue weighted by Crippen LogP contribution is -2.02. The molecule has 0 aliphatic carbocycles. The van der Waals surface area contributed by atoms with E-state index < -0.39 is 0 Å². The van der Waals surface area contributed by atoms with Crippen LogP contribution >= 0.6 is 0 Å². The fourth-order valence-corrected chi connectivity index (χ4v) is 1.13. The number of carbonyl (C=O) groups excluding carboxylic acids is 1. The van der Waals surface area contributed by atoms with Crippen molar-refractivity contribution in [1.82, 2.24) is 0 Å². The van der Waals surface area contributed by atoms with Gasteiger partial charge in [0.15, 0.2) is 12.6 Å². The largest absolute Gasteiger partial charge is 0.468 e. The van der Waals surface area contributed by atoms with Gasteiger partial charge in [-0.2, -0.15) is 0 Å². The molecule has 0 aromatic heterocycles. The first-order valence-corrected chi connectivity index (χ1v) is 5.11. The maximum atomic E-state index is 11.3. The maximum absolute atomic E-state index is 11.3. The quantitative estimate of drug-likeness (QED) is 0.409. The summed E-state index contributed by atoms with van der Waals surface area (Å²) in [6, 6.07) is 7.10. The van der Waals surface area contributed by atoms with E-state index in [1.165, 1.54) is 0 Å². The molecule has 0 bridgehead atoms. The van der Waals surface area contributed by atoms with E-state index in [0.29, 0.717) is 13.0 Å². The first-order chi connectivity index (χ1) is 7.27. The van der Waals surface area contributed by atoms with Gasteiger partial charge in [-0.25, -0.2) is 0 Å². The van der Waals surface area contributed by atoms with E-state index in [9.17, 15) is 4.79 Å². The number of ether oxygens (including phenoxy) is 2. The maximum Gasteiger partial charge on any atom is 0.189 e. The normalized spacial score (nSPS) is 10.0. The molecular formula is C12H16O3. The third-order valence-corrected chi connectivity index (χ3v) is 2.01. The van der Waals surface area contributed by atoms with Crippen molar-refractivity contribution in [2.45, 2.75) is 20.3 Å². The number of hydrogen-bond acceptors (Lipinski definition) is 3. The Hall–Kier alpha value is -1.35. The Labute approximate surface area is 90.0 Å². The summed E-state index contributed by atoms with van der Waals surface area (Å²) in [5, 5.41) is 0. The number of rotatable bonds is 6. The Bertz CT molecular complexity index is 303. The molecule has 15 heavy (non-hydrogen) atoms. The molecule has 1 rings (SSSR count). The average molecular weight is 208 g/mol. The Kier molecular flexibility index (Phi) is 4.84. The second kappa shape index (κ2) is 6.19. The molecule has 0 atom stereocenters. The molecule has 0 saturated heterocycles. The summed E-state index contributed by atoms with van der Waals surface area (Å²) in [6.45, 7) is 4.64. The van der Waals surface area contributed by atoms with Crippen molar-refractivity contribution in [3.05, 3.63) is 29.8 Å². The van der Waals surface area contributed by atoms with Crippen LogP contribution < -0.4 is 4.74 Å². The van der Waals surface area contributed by atoms with Crippen molar-refractivity contribution in [2.75, 3.05) is 13.4 Å². The average Bonchev–Trinajstić information content (AvgIpc) is 2.29. The Morgan fingerprint density at radius 2 is 1.87 bits per heavy atom. The minimum atomic E-state index is 0.145. The molecule has 0 aliphatic rings. The van der Waals surface area contributed by atoms with E-state index in [1.807, 2.05) is 13.8 Å². The molecule has 0 N–H and O–H groups in total. The number of ketones is 1. The lowest BCUT2D eigenvalue weighted by molar-refractivity contribution is 0.0224. The molecule has 0 radical (unpaired) electrons. The molecule has 0 amide bonds. The summed E-state index contributed by atoms with van der Waals surface area (Å²) in [4.78, 5) is 11.3. The highest BCUT2D eigenvalue weighted by atomic mass is 16.7. The summed E-state index contributed by atoms with van der Waals surface area (Å²) in [5.74, 6) is 0.863. The molecule has 1 aromatic rings. The van der Waals surface area contributed by atoms with Gasteiger partial charge in [-0.3, -0.25) is 4.79 Å². The zero-order valence-corrected chi connectivity index (χ0v) is 9.16. The smallest absolute Gasteiger partial charge is 0.189 e. The van der Waals surface area contributed by atoms with Crippen LogP contribution in [0.5, 0.6) is 5.75 Å². The number of hydrogen-bond donors (Lipinski definition) is 0. The van der Waals surface area contributed by atoms with Gasteiger partial charge in [0.2, 0.25) is 0 Å². The van der Waals surface area contributed by atoms with Crippen molar-refractivity contribution in [1.29, 1.82) is 0 Å². The van der Waals surface area contributed by atoms with Crippen LogP contribution in [-0.2, 0) is 4.74 Å². The molecule has 0 aliphatic heterocycles. The van der Waals surface area contributed by atoms with Crippen LogP contribution in [0, 0.1) is 0 Å². The first kappa shape index (κ1) is 11.7. The van der Waals surface area contributed by atoms with Gasteiger partial charge in [-0.1, -0.05) is 6.92 Å². The molecule has 0 fully saturated rings. The standard InChI is InChI=1S/C12H16O3/c1-3-12(13)10-5-7-11(8-6-10)15-9-14-4-2/h5-8H,3-4,9H2,1-2H3. The number of benzene rings is 1. The van der Waals surface area contributed by atoms with Crippen molar-refractivity contribution < 1.29 is 14.3 Å². The van der Waals surface area contributed by atoms with Crippen LogP contribution in [0.2, 0.25) is 0 Å². The summed E-state index contributed by atoms with van der Waals surface area (Å²) >= 11 is 0. The third-order valence-electron chi connectivity index (χ3n) is 2.01. The lowest BCUT2D eigenvalue weighted by atomic mass is 10.1. The molecule has 0 spiro atoms. The first-order valence-electron chi connectivity index (χ1n) is 5.11. The second-order valence-corrected chi connectivity index (χ2v) is 3.06. The number of Topliss-reactive ketones (excluding diaryl/α,β-unsaturated/α-hetero) is 1. The highest BCUT2D eigenvalue weighted by Crippen LogP contribution is 2.13. The van der Waals surface area contributed by atoms with Gasteiger partial charge >= 0.3 is 0 Å². The highest BCUT2D eigenvalue weighted by Gasteiger charge is 2.02. The van der Waals surface area contributed by atoms with Crippen LogP contribution in [-0.4, -0.2) is 19.2 Å². The van der Waals surface area contributed by atoms with Gasteiger partial charge in [0.1, 0.15) is 5.75 Å². The van der Waals surface area contributed by atoms with E-state index in [-0.39, 0.29) is 12.6 Å². The van der Waals surface area contributed by atoms with Crippen molar-refractivity contribution in [3.63, 3.8) is 0 Å². The predicted octanol–water partition coefficient (Wildman–Crippen LogP) is 2.65. The lowest BCUT2D eigenvalue weighted by Gasteiger charge is -2.06. The molecular weight excluding hydrogens is 192 g/mol. The predicted molar refractivity (Wildman–Crippen MR) is 58.2 cm³/mol. The van der Waals surface area contributed by atoms with Crippen molar-refractivity contribution in [3.8, 4) is 5.75 Å². The Morgan fingerprint density at radius 1 is 1.20 bits per heavy atom. The molecule has 0 saturated carbocycles. The zero-order valence-electron chi connectivity index (χ0n) is 9.16. The summed E-state index contributed by atoms with van der Waals surface area (Å²) in [6.07, 6.45) is 0.527. The van der Waals surface area contributed by atoms with E-state index in [2.05, 4.69) is 0 Å². The summed E-state index contributed by atoms with van der Waals surface area (Å²) < 4.78 is 10.3. The number of carbonyl (C=O) groups is 1. The monoisotopic (exact) mass is 208 g/mol. The fraction of sp³-hybridized carbons (Fsp3) is 0.417. The third kappa shape index (κ3) is 3.72. The van der Waals surface area contributed by atoms with Crippen LogP contribution in [0.25, 0.3) is 0 Å². The molecule has 3 heteroatoms. The summed E-state index contributed by atoms with van der Waals surface area (Å²) in [5.41, 5.74) is 0.723. The molecule has 3 nitrogen and oxygen atoms in total. The van der Waals surface area contributed by atoms with E-state index in [1.54, 1.807) is 24.3 Å². The molecule has 0 heterocycles. The zero-order chi connectivity index (χ0) is 11.1. The van der Waals surface area contributed by atoms with Crippen molar-refractivity contribution >= 4 is 5.78 Å². The second-order valence-electron chi connectivity index (χ2n) is 3.06. The van der Waals surface area contributed by atoms with Gasteiger partial charge in [-0.15, -0.1) is 0 Å². The molecule has 82 valence electrons. The minimum absolute atomic E-state index is 0.145. The Balaban J connectivity index is 2.52. The van der Waals surface area contributed by atoms with Crippen LogP contribution in [0.3, 0.4) is 0 Å². The topological polar surface area (TPSA) is 35.5 Å². The highest BCUT2D eigenvalue weighted by molar-refractivity contribution is 5.95. The summed E-state index contributed by atoms with van der Waals surface area (Å²) in [7, 11) is 0. The van der Waals surface area contributed by atoms with Crippen LogP contribution in [0.4, 0.5) is 0 Å². The SMILES string of the molecule is CCOCOc1ccc(C(=O)CC)cc1. The van der Waals surface area contributed by atoms with Crippen LogP contribution in [0.15, 0.2) is 24.3 Å². The van der Waals surface area contributed by atoms with E-state index in [4.69, 9.17) is 9.47 Å². The van der Waals surface area contributed by atoms with Gasteiger partial charge in [0.05, 0.1) is 0 Å². The Morgan fingerprint density at radius 3 is 2.40 bits per heavy atom.